The summed E-state index contributed by atoms with van der Waals surface area (Å²) < 4.78 is 1.66. The summed E-state index contributed by atoms with van der Waals surface area (Å²) in [4.78, 5) is 11.4. The van der Waals surface area contributed by atoms with Crippen molar-refractivity contribution in [1.82, 2.24) is 9.78 Å². The van der Waals surface area contributed by atoms with Crippen molar-refractivity contribution in [3.05, 3.63) is 52.3 Å². The van der Waals surface area contributed by atoms with Crippen molar-refractivity contribution >= 4 is 17.6 Å². The van der Waals surface area contributed by atoms with E-state index in [1.807, 2.05) is 44.2 Å². The Bertz CT molecular complexity index is 593. The Kier molecular flexibility index (Phi) is 3.90. The van der Waals surface area contributed by atoms with Crippen LogP contribution in [0.2, 0.25) is 5.02 Å². The molecule has 1 unspecified atom stereocenters. The third kappa shape index (κ3) is 2.79. The zero-order valence-corrected chi connectivity index (χ0v) is 11.6. The second-order valence-corrected chi connectivity index (χ2v) is 4.85. The van der Waals surface area contributed by atoms with Gasteiger partial charge in [0.05, 0.1) is 23.0 Å². The second kappa shape index (κ2) is 5.45. The molecule has 2 rings (SSSR count). The van der Waals surface area contributed by atoms with Gasteiger partial charge in [0, 0.05) is 0 Å². The number of benzene rings is 1. The van der Waals surface area contributed by atoms with Crippen LogP contribution in [0.5, 0.6) is 0 Å². The number of hydrogen-bond donors (Lipinski definition) is 1. The summed E-state index contributed by atoms with van der Waals surface area (Å²) in [5, 5.41) is 14.3. The molecule has 0 saturated carbocycles. The van der Waals surface area contributed by atoms with Crippen LogP contribution < -0.4 is 0 Å². The maximum Gasteiger partial charge on any atom is 0.312 e. The van der Waals surface area contributed by atoms with Crippen LogP contribution in [0.3, 0.4) is 0 Å². The summed E-state index contributed by atoms with van der Waals surface area (Å²) in [7, 11) is 0. The summed E-state index contributed by atoms with van der Waals surface area (Å²) in [5.74, 6) is -1.50. The van der Waals surface area contributed by atoms with Gasteiger partial charge in [0.25, 0.3) is 0 Å². The molecule has 1 N–H and O–H groups in total. The maximum atomic E-state index is 11.4. The summed E-state index contributed by atoms with van der Waals surface area (Å²) in [6.07, 6.45) is 0. The molecule has 0 radical (unpaired) electrons. The maximum absolute atomic E-state index is 11.4. The normalized spacial score (nSPS) is 12.4. The number of carboxylic acids is 1. The summed E-state index contributed by atoms with van der Waals surface area (Å²) >= 11 is 6.08. The number of carbonyl (C=O) groups is 1. The van der Waals surface area contributed by atoms with E-state index in [0.29, 0.717) is 5.02 Å². The lowest BCUT2D eigenvalue weighted by molar-refractivity contribution is -0.139. The predicted molar refractivity (Wildman–Crippen MR) is 73.5 cm³/mol. The van der Waals surface area contributed by atoms with E-state index in [1.165, 1.54) is 0 Å². The topological polar surface area (TPSA) is 55.1 Å². The zero-order valence-electron chi connectivity index (χ0n) is 10.8. The highest BCUT2D eigenvalue weighted by atomic mass is 35.5. The number of aryl methyl sites for hydroxylation is 1. The van der Waals surface area contributed by atoms with Crippen molar-refractivity contribution < 1.29 is 9.90 Å². The van der Waals surface area contributed by atoms with Crippen LogP contribution in [0.4, 0.5) is 0 Å². The molecule has 0 aliphatic carbocycles. The van der Waals surface area contributed by atoms with E-state index in [2.05, 4.69) is 5.10 Å². The number of aliphatic carboxylic acids is 1. The van der Waals surface area contributed by atoms with Gasteiger partial charge in [0.15, 0.2) is 0 Å². The molecule has 1 aromatic carbocycles. The Labute approximate surface area is 116 Å². The van der Waals surface area contributed by atoms with E-state index in [4.69, 9.17) is 11.6 Å². The van der Waals surface area contributed by atoms with Gasteiger partial charge < -0.3 is 5.11 Å². The zero-order chi connectivity index (χ0) is 14.0. The Morgan fingerprint density at radius 2 is 2.00 bits per heavy atom. The Morgan fingerprint density at radius 1 is 1.37 bits per heavy atom. The average molecular weight is 279 g/mol. The SMILES string of the molecule is Cc1nn(CC(C(=O)O)c2ccccc2)c(C)c1Cl. The smallest absolute Gasteiger partial charge is 0.312 e. The van der Waals surface area contributed by atoms with Crippen LogP contribution in [0.1, 0.15) is 22.9 Å². The van der Waals surface area contributed by atoms with E-state index in [-0.39, 0.29) is 6.54 Å². The molecule has 0 amide bonds. The molecule has 1 heterocycles. The molecular formula is C14H15ClN2O2. The summed E-state index contributed by atoms with van der Waals surface area (Å²) in [6.45, 7) is 3.93. The Balaban J connectivity index is 2.32. The quantitative estimate of drug-likeness (QED) is 0.935. The molecule has 100 valence electrons. The number of carboxylic acid groups (broad SMARTS) is 1. The highest BCUT2D eigenvalue weighted by Crippen LogP contribution is 2.23. The van der Waals surface area contributed by atoms with Crippen LogP contribution in [-0.2, 0) is 11.3 Å². The average Bonchev–Trinajstić information content (AvgIpc) is 2.64. The molecule has 0 bridgehead atoms. The van der Waals surface area contributed by atoms with Crippen molar-refractivity contribution in [3.8, 4) is 0 Å². The number of hydrogen-bond acceptors (Lipinski definition) is 2. The summed E-state index contributed by atoms with van der Waals surface area (Å²) in [6, 6.07) is 9.15. The van der Waals surface area contributed by atoms with E-state index >= 15 is 0 Å². The van der Waals surface area contributed by atoms with E-state index < -0.39 is 11.9 Å². The van der Waals surface area contributed by atoms with E-state index in [1.54, 1.807) is 4.68 Å². The lowest BCUT2D eigenvalue weighted by Gasteiger charge is -2.14. The predicted octanol–water partition coefficient (Wildman–Crippen LogP) is 3.02. The van der Waals surface area contributed by atoms with Gasteiger partial charge in [-0.15, -0.1) is 0 Å². The van der Waals surface area contributed by atoms with E-state index in [0.717, 1.165) is 17.0 Å². The van der Waals surface area contributed by atoms with Crippen molar-refractivity contribution in [2.24, 2.45) is 0 Å². The molecule has 0 saturated heterocycles. The lowest BCUT2D eigenvalue weighted by atomic mass is 9.99. The van der Waals surface area contributed by atoms with Crippen molar-refractivity contribution in [2.45, 2.75) is 26.3 Å². The number of halogens is 1. The largest absolute Gasteiger partial charge is 0.481 e. The fourth-order valence-corrected chi connectivity index (χ4v) is 2.17. The third-order valence-electron chi connectivity index (χ3n) is 3.15. The highest BCUT2D eigenvalue weighted by Gasteiger charge is 2.22. The van der Waals surface area contributed by atoms with Gasteiger partial charge in [-0.2, -0.15) is 5.10 Å². The second-order valence-electron chi connectivity index (χ2n) is 4.47. The first-order chi connectivity index (χ1) is 9.00. The molecule has 0 aliphatic rings. The molecule has 2 aromatic rings. The molecule has 0 fully saturated rings. The first-order valence-electron chi connectivity index (χ1n) is 5.98. The number of aromatic nitrogens is 2. The molecule has 5 heteroatoms. The van der Waals surface area contributed by atoms with Crippen molar-refractivity contribution in [3.63, 3.8) is 0 Å². The summed E-state index contributed by atoms with van der Waals surface area (Å²) in [5.41, 5.74) is 2.27. The van der Waals surface area contributed by atoms with Gasteiger partial charge in [-0.1, -0.05) is 41.9 Å². The minimum absolute atomic E-state index is 0.277. The first-order valence-corrected chi connectivity index (χ1v) is 6.35. The molecule has 0 spiro atoms. The standard InChI is InChI=1S/C14H15ClN2O2/c1-9-13(15)10(2)17(16-9)8-12(14(18)19)11-6-4-3-5-7-11/h3-7,12H,8H2,1-2H3,(H,18,19). The van der Waals surface area contributed by atoms with Gasteiger partial charge in [-0.05, 0) is 19.4 Å². The fourth-order valence-electron chi connectivity index (χ4n) is 2.04. The van der Waals surface area contributed by atoms with Crippen molar-refractivity contribution in [2.75, 3.05) is 0 Å². The van der Waals surface area contributed by atoms with Crippen LogP contribution in [-0.4, -0.2) is 20.9 Å². The van der Waals surface area contributed by atoms with Gasteiger partial charge in [0.1, 0.15) is 5.92 Å². The van der Waals surface area contributed by atoms with Crippen molar-refractivity contribution in [1.29, 1.82) is 0 Å². The molecule has 0 aliphatic heterocycles. The van der Waals surface area contributed by atoms with Crippen LogP contribution >= 0.6 is 11.6 Å². The Morgan fingerprint density at radius 3 is 2.47 bits per heavy atom. The molecule has 1 atom stereocenters. The minimum Gasteiger partial charge on any atom is -0.481 e. The number of nitrogens with zero attached hydrogens (tertiary/aromatic N) is 2. The fraction of sp³-hybridized carbons (Fsp3) is 0.286. The lowest BCUT2D eigenvalue weighted by Crippen LogP contribution is -2.19. The highest BCUT2D eigenvalue weighted by molar-refractivity contribution is 6.31. The minimum atomic E-state index is -0.866. The van der Waals surface area contributed by atoms with Gasteiger partial charge in [0.2, 0.25) is 0 Å². The van der Waals surface area contributed by atoms with Gasteiger partial charge >= 0.3 is 5.97 Å². The van der Waals surface area contributed by atoms with E-state index in [9.17, 15) is 9.90 Å². The third-order valence-corrected chi connectivity index (χ3v) is 3.70. The molecule has 4 nitrogen and oxygen atoms in total. The molecule has 1 aromatic heterocycles. The molecular weight excluding hydrogens is 264 g/mol. The monoisotopic (exact) mass is 278 g/mol. The number of rotatable bonds is 4. The molecule has 19 heavy (non-hydrogen) atoms. The first kappa shape index (κ1) is 13.6. The van der Waals surface area contributed by atoms with Crippen LogP contribution in [0.15, 0.2) is 30.3 Å². The van der Waals surface area contributed by atoms with Crippen LogP contribution in [0, 0.1) is 13.8 Å². The Hall–Kier alpha value is -1.81. The van der Waals surface area contributed by atoms with Crippen LogP contribution in [0.25, 0.3) is 0 Å². The van der Waals surface area contributed by atoms with Gasteiger partial charge in [-0.25, -0.2) is 0 Å². The van der Waals surface area contributed by atoms with Gasteiger partial charge in [-0.3, -0.25) is 9.48 Å².